The third-order valence-electron chi connectivity index (χ3n) is 7.40. The molecule has 1 unspecified atom stereocenters. The summed E-state index contributed by atoms with van der Waals surface area (Å²) in [7, 11) is 0. The molecule has 8 aliphatic rings. The van der Waals surface area contributed by atoms with Gasteiger partial charge in [0.2, 0.25) is 0 Å². The minimum Gasteiger partial charge on any atom is -0.388 e. The summed E-state index contributed by atoms with van der Waals surface area (Å²) in [4.78, 5) is 0. The van der Waals surface area contributed by atoms with Crippen LogP contribution in [0.15, 0.2) is 0 Å². The Bertz CT molecular complexity index is 422. The van der Waals surface area contributed by atoms with E-state index in [4.69, 9.17) is 18.9 Å². The highest BCUT2D eigenvalue weighted by molar-refractivity contribution is 5.10. The second-order valence-electron chi connectivity index (χ2n) is 8.68. The standard InChI is InChI=1S/2C9H14O3/c2*1-3-6-4(2)8-9(11-6)5(10)7(3)12-8/h2*3-10H,1-2H3/t3-,4+,5+,6+,7+,8-,9?;3-,4+,5+,6+,7+,8-,9-/m10/s1. The highest BCUT2D eigenvalue weighted by Crippen LogP contribution is 2.50. The fourth-order valence-corrected chi connectivity index (χ4v) is 6.04. The summed E-state index contributed by atoms with van der Waals surface area (Å²) in [5.74, 6) is 1.62. The van der Waals surface area contributed by atoms with E-state index in [0.29, 0.717) is 35.9 Å². The van der Waals surface area contributed by atoms with E-state index >= 15 is 0 Å². The molecule has 0 spiro atoms. The molecule has 6 heteroatoms. The monoisotopic (exact) mass is 340 g/mol. The van der Waals surface area contributed by atoms with Crippen molar-refractivity contribution in [2.45, 2.75) is 88.7 Å². The zero-order chi connectivity index (χ0) is 16.9. The van der Waals surface area contributed by atoms with Crippen LogP contribution >= 0.6 is 0 Å². The zero-order valence-electron chi connectivity index (χ0n) is 14.6. The average molecular weight is 340 g/mol. The van der Waals surface area contributed by atoms with Gasteiger partial charge in [-0.25, -0.2) is 0 Å². The summed E-state index contributed by atoms with van der Waals surface area (Å²) < 4.78 is 22.9. The maximum Gasteiger partial charge on any atom is 0.113 e. The molecule has 14 atom stereocenters. The molecule has 24 heavy (non-hydrogen) atoms. The Morgan fingerprint density at radius 2 is 0.708 bits per heavy atom. The summed E-state index contributed by atoms with van der Waals surface area (Å²) in [5.41, 5.74) is 0. The van der Waals surface area contributed by atoms with Crippen molar-refractivity contribution in [1.82, 2.24) is 0 Å². The van der Waals surface area contributed by atoms with E-state index in [1.165, 1.54) is 0 Å². The van der Waals surface area contributed by atoms with Crippen LogP contribution in [-0.2, 0) is 18.9 Å². The molecule has 0 aliphatic carbocycles. The zero-order valence-corrected chi connectivity index (χ0v) is 14.6. The number of rotatable bonds is 0. The Morgan fingerprint density at radius 1 is 0.417 bits per heavy atom. The van der Waals surface area contributed by atoms with Crippen molar-refractivity contribution >= 4 is 0 Å². The molecule has 136 valence electrons. The number of aliphatic hydroxyl groups is 2. The smallest absolute Gasteiger partial charge is 0.113 e. The first-order valence-corrected chi connectivity index (χ1v) is 9.38. The first kappa shape index (κ1) is 16.0. The Hall–Kier alpha value is -0.240. The first-order chi connectivity index (χ1) is 11.4. The van der Waals surface area contributed by atoms with Gasteiger partial charge in [0.05, 0.1) is 36.6 Å². The molecule has 8 bridgehead atoms. The maximum absolute atomic E-state index is 9.74. The highest BCUT2D eigenvalue weighted by atomic mass is 16.6. The molecule has 0 aromatic rings. The summed E-state index contributed by atoms with van der Waals surface area (Å²) in [6.07, 6.45) is 0.196. The maximum atomic E-state index is 9.74. The molecule has 8 fully saturated rings. The second-order valence-corrected chi connectivity index (χ2v) is 8.68. The van der Waals surface area contributed by atoms with Gasteiger partial charge in [0.15, 0.2) is 0 Å². The van der Waals surface area contributed by atoms with Crippen molar-refractivity contribution in [3.8, 4) is 0 Å². The molecular weight excluding hydrogens is 312 g/mol. The van der Waals surface area contributed by atoms with Gasteiger partial charge < -0.3 is 29.2 Å². The van der Waals surface area contributed by atoms with E-state index in [9.17, 15) is 10.2 Å². The van der Waals surface area contributed by atoms with Crippen molar-refractivity contribution in [1.29, 1.82) is 0 Å². The van der Waals surface area contributed by atoms with Crippen molar-refractivity contribution in [3.63, 3.8) is 0 Å². The highest BCUT2D eigenvalue weighted by Gasteiger charge is 2.64. The van der Waals surface area contributed by atoms with Crippen LogP contribution in [0.3, 0.4) is 0 Å². The first-order valence-electron chi connectivity index (χ1n) is 9.38. The molecule has 8 saturated heterocycles. The van der Waals surface area contributed by atoms with Gasteiger partial charge in [-0.3, -0.25) is 0 Å². The average Bonchev–Trinajstić information content (AvgIpc) is 3.15. The van der Waals surface area contributed by atoms with Gasteiger partial charge >= 0.3 is 0 Å². The predicted molar refractivity (Wildman–Crippen MR) is 83.3 cm³/mol. The van der Waals surface area contributed by atoms with Crippen LogP contribution in [0.4, 0.5) is 0 Å². The predicted octanol–water partition coefficient (Wildman–Crippen LogP) is 0.336. The molecule has 2 N–H and O–H groups in total. The fourth-order valence-electron chi connectivity index (χ4n) is 6.04. The van der Waals surface area contributed by atoms with Crippen LogP contribution in [0.5, 0.6) is 0 Å². The minimum atomic E-state index is -0.383. The van der Waals surface area contributed by atoms with E-state index in [0.717, 1.165) is 0 Å². The Morgan fingerprint density at radius 3 is 1.04 bits per heavy atom. The SMILES string of the molecule is C[C@@H]1[C@@H]2OC3[C@@H](O)[C@H]1O[C@@H]3[C@H]2C.C[C@@H]1[C@@H]2O[C@H]3[C@H](O)[C@H](O[C@@H]13)[C@H]2C. The fraction of sp³-hybridized carbons (Fsp3) is 1.00. The van der Waals surface area contributed by atoms with E-state index < -0.39 is 0 Å². The van der Waals surface area contributed by atoms with Gasteiger partial charge in [0.25, 0.3) is 0 Å². The van der Waals surface area contributed by atoms with Gasteiger partial charge in [-0.15, -0.1) is 0 Å². The Balaban J connectivity index is 0.000000109. The molecule has 0 amide bonds. The van der Waals surface area contributed by atoms with E-state index in [-0.39, 0.29) is 48.8 Å². The molecule has 0 aromatic heterocycles. The third-order valence-corrected chi connectivity index (χ3v) is 7.40. The van der Waals surface area contributed by atoms with Gasteiger partial charge in [0.1, 0.15) is 24.4 Å². The van der Waals surface area contributed by atoms with Gasteiger partial charge in [-0.05, 0) is 0 Å². The van der Waals surface area contributed by atoms with Crippen molar-refractivity contribution in [2.75, 3.05) is 0 Å². The molecular formula is C18H28O6. The van der Waals surface area contributed by atoms with Crippen LogP contribution in [0.2, 0.25) is 0 Å². The lowest BCUT2D eigenvalue weighted by molar-refractivity contribution is -0.149. The third kappa shape index (κ3) is 1.82. The van der Waals surface area contributed by atoms with Crippen LogP contribution in [0.1, 0.15) is 27.7 Å². The van der Waals surface area contributed by atoms with E-state index in [2.05, 4.69) is 27.7 Å². The largest absolute Gasteiger partial charge is 0.388 e. The van der Waals surface area contributed by atoms with Crippen LogP contribution in [0, 0.1) is 23.7 Å². The Kier molecular flexibility index (Phi) is 3.42. The molecule has 8 rings (SSSR count). The van der Waals surface area contributed by atoms with E-state index in [1.807, 2.05) is 0 Å². The summed E-state index contributed by atoms with van der Waals surface area (Å²) in [6, 6.07) is 0. The molecule has 6 nitrogen and oxygen atoms in total. The number of hydrogen-bond acceptors (Lipinski definition) is 6. The lowest BCUT2D eigenvalue weighted by Gasteiger charge is -2.37. The van der Waals surface area contributed by atoms with Gasteiger partial charge in [-0.2, -0.15) is 0 Å². The summed E-state index contributed by atoms with van der Waals surface area (Å²) >= 11 is 0. The number of hydrogen-bond donors (Lipinski definition) is 2. The van der Waals surface area contributed by atoms with Crippen LogP contribution in [-0.4, -0.2) is 71.3 Å². The topological polar surface area (TPSA) is 77.4 Å². The molecule has 0 saturated carbocycles. The summed E-state index contributed by atoms with van der Waals surface area (Å²) in [6.45, 7) is 8.51. The molecule has 8 aliphatic heterocycles. The van der Waals surface area contributed by atoms with Gasteiger partial charge in [0, 0.05) is 23.7 Å². The van der Waals surface area contributed by atoms with Crippen LogP contribution in [0.25, 0.3) is 0 Å². The number of ether oxygens (including phenoxy) is 4. The summed E-state index contributed by atoms with van der Waals surface area (Å²) in [5, 5.41) is 19.5. The van der Waals surface area contributed by atoms with Crippen molar-refractivity contribution in [3.05, 3.63) is 0 Å². The van der Waals surface area contributed by atoms with E-state index in [1.54, 1.807) is 0 Å². The second kappa shape index (κ2) is 5.15. The lowest BCUT2D eigenvalue weighted by Crippen LogP contribution is -2.47. The molecule has 0 aromatic carbocycles. The normalized spacial score (nSPS) is 67.8. The number of aliphatic hydroxyl groups excluding tert-OH is 2. The van der Waals surface area contributed by atoms with Crippen molar-refractivity contribution in [2.24, 2.45) is 23.7 Å². The van der Waals surface area contributed by atoms with Crippen LogP contribution < -0.4 is 0 Å². The van der Waals surface area contributed by atoms with Crippen molar-refractivity contribution < 1.29 is 29.2 Å². The quantitative estimate of drug-likeness (QED) is 0.662. The molecule has 8 heterocycles. The minimum absolute atomic E-state index is 0.0359. The van der Waals surface area contributed by atoms with Gasteiger partial charge in [-0.1, -0.05) is 27.7 Å². The molecule has 0 radical (unpaired) electrons. The Labute approximate surface area is 142 Å². The lowest BCUT2D eigenvalue weighted by atomic mass is 9.87.